The average molecular weight is 414 g/mol. The summed E-state index contributed by atoms with van der Waals surface area (Å²) >= 11 is 0.978. The molecule has 150 valence electrons. The number of amidine groups is 1. The van der Waals surface area contributed by atoms with E-state index in [1.807, 2.05) is 0 Å². The fourth-order valence-corrected chi connectivity index (χ4v) is 3.35. The Morgan fingerprint density at radius 3 is 2.72 bits per heavy atom. The summed E-state index contributed by atoms with van der Waals surface area (Å²) in [6.45, 7) is 2.06. The van der Waals surface area contributed by atoms with Crippen molar-refractivity contribution in [3.63, 3.8) is 0 Å². The molecule has 10 heteroatoms. The van der Waals surface area contributed by atoms with Crippen LogP contribution in [0.5, 0.6) is 0 Å². The van der Waals surface area contributed by atoms with Crippen molar-refractivity contribution in [2.24, 2.45) is 10.2 Å². The monoisotopic (exact) mass is 414 g/mol. The zero-order valence-corrected chi connectivity index (χ0v) is 16.1. The number of rotatable bonds is 7. The van der Waals surface area contributed by atoms with Crippen molar-refractivity contribution in [2.45, 2.75) is 18.6 Å². The van der Waals surface area contributed by atoms with Crippen molar-refractivity contribution in [1.29, 1.82) is 0 Å². The molecule has 1 N–H and O–H groups in total. The second-order valence-electron chi connectivity index (χ2n) is 5.82. The average Bonchev–Trinajstić information content (AvgIpc) is 3.29. The third-order valence-electron chi connectivity index (χ3n) is 3.77. The Morgan fingerprint density at radius 1 is 1.28 bits per heavy atom. The molecule has 0 unspecified atom stereocenters. The molecule has 0 aliphatic carbocycles. The molecular formula is C19H16N3O6S-. The fraction of sp³-hybridized carbons (Fsp3) is 0.211. The number of esters is 1. The Labute approximate surface area is 169 Å². The van der Waals surface area contributed by atoms with Gasteiger partial charge in [-0.15, -0.1) is 5.10 Å². The van der Waals surface area contributed by atoms with Gasteiger partial charge in [0.2, 0.25) is 5.91 Å². The molecule has 0 saturated carbocycles. The first-order valence-electron chi connectivity index (χ1n) is 8.62. The molecule has 0 radical (unpaired) electrons. The summed E-state index contributed by atoms with van der Waals surface area (Å²) in [6.07, 6.45) is 0.970. The summed E-state index contributed by atoms with van der Waals surface area (Å²) in [5.41, 5.74) is 1.22. The Kier molecular flexibility index (Phi) is 6.45. The van der Waals surface area contributed by atoms with Crippen LogP contribution in [0, 0.1) is 0 Å². The van der Waals surface area contributed by atoms with Crippen LogP contribution < -0.4 is 10.4 Å². The van der Waals surface area contributed by atoms with E-state index in [1.165, 1.54) is 6.21 Å². The molecule has 1 aliphatic rings. The summed E-state index contributed by atoms with van der Waals surface area (Å²) in [5, 5.41) is 20.2. The quantitative estimate of drug-likeness (QED) is 0.408. The molecule has 1 amide bonds. The maximum Gasteiger partial charge on any atom is 0.338 e. The van der Waals surface area contributed by atoms with Crippen LogP contribution in [-0.2, 0) is 14.3 Å². The highest BCUT2D eigenvalue weighted by Gasteiger charge is 2.30. The number of carbonyl (C=O) groups excluding carboxylic acids is 3. The number of hydrogen-bond acceptors (Lipinski definition) is 9. The van der Waals surface area contributed by atoms with Crippen LogP contribution in [-0.4, -0.2) is 41.1 Å². The van der Waals surface area contributed by atoms with Crippen LogP contribution in [0.15, 0.2) is 51.0 Å². The topological polar surface area (TPSA) is 133 Å². The zero-order chi connectivity index (χ0) is 20.8. The van der Waals surface area contributed by atoms with E-state index in [4.69, 9.17) is 9.15 Å². The number of aliphatic carboxylic acids is 1. The van der Waals surface area contributed by atoms with Crippen LogP contribution in [0.4, 0.5) is 0 Å². The molecule has 1 aromatic heterocycles. The normalized spacial score (nSPS) is 17.6. The first-order valence-corrected chi connectivity index (χ1v) is 9.50. The van der Waals surface area contributed by atoms with Crippen molar-refractivity contribution < 1.29 is 28.6 Å². The predicted molar refractivity (Wildman–Crippen MR) is 104 cm³/mol. The summed E-state index contributed by atoms with van der Waals surface area (Å²) in [7, 11) is 0. The van der Waals surface area contributed by atoms with Gasteiger partial charge in [0.15, 0.2) is 5.17 Å². The highest BCUT2D eigenvalue weighted by Crippen LogP contribution is 2.23. The molecule has 0 spiro atoms. The van der Waals surface area contributed by atoms with Crippen molar-refractivity contribution in [2.75, 3.05) is 6.61 Å². The van der Waals surface area contributed by atoms with E-state index in [9.17, 15) is 19.5 Å². The van der Waals surface area contributed by atoms with E-state index >= 15 is 0 Å². The van der Waals surface area contributed by atoms with Gasteiger partial charge in [-0.2, -0.15) is 5.10 Å². The molecule has 1 aromatic carbocycles. The highest BCUT2D eigenvalue weighted by atomic mass is 32.2. The van der Waals surface area contributed by atoms with Gasteiger partial charge in [0.1, 0.15) is 11.5 Å². The van der Waals surface area contributed by atoms with E-state index in [2.05, 4.69) is 15.5 Å². The smallest absolute Gasteiger partial charge is 0.338 e. The minimum atomic E-state index is -1.30. The van der Waals surface area contributed by atoms with Gasteiger partial charge in [-0.05, 0) is 31.2 Å². The number of nitrogens with zero attached hydrogens (tertiary/aromatic N) is 2. The summed E-state index contributed by atoms with van der Waals surface area (Å²) in [4.78, 5) is 33.9. The van der Waals surface area contributed by atoms with E-state index in [-0.39, 0.29) is 11.1 Å². The number of amides is 1. The van der Waals surface area contributed by atoms with Crippen LogP contribution in [0.1, 0.15) is 29.5 Å². The molecule has 0 bridgehead atoms. The van der Waals surface area contributed by atoms with Gasteiger partial charge in [0, 0.05) is 18.0 Å². The summed E-state index contributed by atoms with van der Waals surface area (Å²) in [6, 6.07) is 10.2. The number of hydrogen-bond donors (Lipinski definition) is 1. The van der Waals surface area contributed by atoms with Gasteiger partial charge < -0.3 is 24.4 Å². The standard InChI is InChI=1S/C19H17N3O6S/c1-2-27-18(26)12-5-3-11(4-6-12)14-8-7-13(28-14)10-20-22-19-21-17(25)15(29-19)9-16(23)24/h3-8,10,15H,2,9H2,1H3,(H,23,24)(H,21,22,25)/p-1/b20-10-/t15-/m0/s1. The maximum absolute atomic E-state index is 11.7. The van der Waals surface area contributed by atoms with Crippen molar-refractivity contribution in [3.05, 3.63) is 47.7 Å². The predicted octanol–water partition coefficient (Wildman–Crippen LogP) is 1.18. The molecule has 9 nitrogen and oxygen atoms in total. The number of ether oxygens (including phenoxy) is 1. The van der Waals surface area contributed by atoms with Crippen molar-refractivity contribution in [1.82, 2.24) is 5.32 Å². The third-order valence-corrected chi connectivity index (χ3v) is 4.84. The van der Waals surface area contributed by atoms with Gasteiger partial charge in [0.05, 0.1) is 23.6 Å². The second-order valence-corrected chi connectivity index (χ2v) is 7.01. The number of benzene rings is 1. The lowest BCUT2D eigenvalue weighted by molar-refractivity contribution is -0.305. The second kappa shape index (κ2) is 9.20. The van der Waals surface area contributed by atoms with Crippen molar-refractivity contribution >= 4 is 41.0 Å². The lowest BCUT2D eigenvalue weighted by Crippen LogP contribution is -2.31. The largest absolute Gasteiger partial charge is 0.550 e. The molecular weight excluding hydrogens is 398 g/mol. The molecule has 29 heavy (non-hydrogen) atoms. The number of nitrogens with one attached hydrogen (secondary N) is 1. The van der Waals surface area contributed by atoms with Crippen LogP contribution in [0.2, 0.25) is 0 Å². The van der Waals surface area contributed by atoms with E-state index in [0.717, 1.165) is 17.3 Å². The third kappa shape index (κ3) is 5.32. The fourth-order valence-electron chi connectivity index (χ4n) is 2.44. The minimum absolute atomic E-state index is 0.207. The van der Waals surface area contributed by atoms with Crippen LogP contribution in [0.3, 0.4) is 0 Å². The summed E-state index contributed by atoms with van der Waals surface area (Å²) in [5.74, 6) is -1.13. The van der Waals surface area contributed by atoms with E-state index in [0.29, 0.717) is 23.7 Å². The van der Waals surface area contributed by atoms with Gasteiger partial charge in [-0.1, -0.05) is 23.9 Å². The lowest BCUT2D eigenvalue weighted by Gasteiger charge is -2.04. The van der Waals surface area contributed by atoms with Gasteiger partial charge in [-0.3, -0.25) is 4.79 Å². The molecule has 1 fully saturated rings. The number of thioether (sulfide) groups is 1. The molecule has 1 atom stereocenters. The molecule has 1 aliphatic heterocycles. The van der Waals surface area contributed by atoms with Crippen molar-refractivity contribution in [3.8, 4) is 11.3 Å². The van der Waals surface area contributed by atoms with Crippen LogP contribution >= 0.6 is 11.8 Å². The van der Waals surface area contributed by atoms with Gasteiger partial charge in [0.25, 0.3) is 0 Å². The Bertz CT molecular complexity index is 980. The lowest BCUT2D eigenvalue weighted by atomic mass is 10.1. The number of furan rings is 1. The van der Waals surface area contributed by atoms with E-state index in [1.54, 1.807) is 43.3 Å². The Balaban J connectivity index is 1.62. The number of carboxylic acids is 1. The SMILES string of the molecule is CCOC(=O)c1ccc(-c2ccc(/C=N\N=C3\NC(=O)[C@H](CC(=O)[O-])S3)o2)cc1. The number of carboxylic acid groups (broad SMARTS) is 1. The molecule has 1 saturated heterocycles. The van der Waals surface area contributed by atoms with Gasteiger partial charge >= 0.3 is 5.97 Å². The molecule has 3 rings (SSSR count). The zero-order valence-electron chi connectivity index (χ0n) is 15.3. The first kappa shape index (κ1) is 20.3. The Hall–Kier alpha value is -3.40. The molecule has 2 aromatic rings. The highest BCUT2D eigenvalue weighted by molar-refractivity contribution is 8.15. The summed E-state index contributed by atoms with van der Waals surface area (Å²) < 4.78 is 10.6. The first-order chi connectivity index (χ1) is 14.0. The molecule has 2 heterocycles. The van der Waals surface area contributed by atoms with Crippen LogP contribution in [0.25, 0.3) is 11.3 Å². The maximum atomic E-state index is 11.7. The van der Waals surface area contributed by atoms with Gasteiger partial charge in [-0.25, -0.2) is 4.79 Å². The minimum Gasteiger partial charge on any atom is -0.550 e. The van der Waals surface area contributed by atoms with E-state index < -0.39 is 23.5 Å². The number of carbonyl (C=O) groups is 3. The Morgan fingerprint density at radius 2 is 2.03 bits per heavy atom.